The molecule has 0 unspecified atom stereocenters. The molecule has 5 heterocycles. The van der Waals surface area contributed by atoms with Crippen LogP contribution in [-0.2, 0) is 24.2 Å². The standard InChI is InChI=1S/C26H28N8O2/c1-14-17(11-28-19-4-3-5-21(35)25(14)19)20-8-15-9-22(29-12-18(15)26(27)30-20)31-23-10-16-6-7-33(2)24(36)13-34(16)32-23/h8-12,21,35H,3-7,13H2,1-2H3,(H2,27,30)(H,29,31,32)/t21-/m0/s1. The highest BCUT2D eigenvalue weighted by Gasteiger charge is 2.24. The number of nitrogens with one attached hydrogen (secondary N) is 1. The van der Waals surface area contributed by atoms with Gasteiger partial charge in [0, 0.05) is 66.4 Å². The third kappa shape index (κ3) is 3.83. The molecule has 0 saturated heterocycles. The molecule has 0 bridgehead atoms. The van der Waals surface area contributed by atoms with Crippen molar-refractivity contribution in [2.24, 2.45) is 0 Å². The van der Waals surface area contributed by atoms with Crippen LogP contribution in [0.3, 0.4) is 0 Å². The van der Waals surface area contributed by atoms with E-state index in [4.69, 9.17) is 5.73 Å². The number of anilines is 3. The maximum absolute atomic E-state index is 12.2. The van der Waals surface area contributed by atoms with E-state index in [1.807, 2.05) is 38.4 Å². The van der Waals surface area contributed by atoms with Gasteiger partial charge in [0.25, 0.3) is 0 Å². The first-order valence-corrected chi connectivity index (χ1v) is 12.2. The quantitative estimate of drug-likeness (QED) is 0.404. The molecule has 0 aromatic carbocycles. The molecular weight excluding hydrogens is 456 g/mol. The zero-order valence-electron chi connectivity index (χ0n) is 20.3. The third-order valence-electron chi connectivity index (χ3n) is 7.25. The van der Waals surface area contributed by atoms with E-state index >= 15 is 0 Å². The van der Waals surface area contributed by atoms with Crippen molar-refractivity contribution in [3.63, 3.8) is 0 Å². The van der Waals surface area contributed by atoms with Crippen LogP contribution in [0, 0.1) is 6.92 Å². The van der Waals surface area contributed by atoms with Gasteiger partial charge in [-0.05, 0) is 49.3 Å². The number of carbonyl (C=O) groups is 1. The zero-order chi connectivity index (χ0) is 25.0. The summed E-state index contributed by atoms with van der Waals surface area (Å²) in [4.78, 5) is 27.7. The Labute approximate surface area is 208 Å². The summed E-state index contributed by atoms with van der Waals surface area (Å²) >= 11 is 0. The number of amides is 1. The normalized spacial score (nSPS) is 17.6. The Kier molecular flexibility index (Phi) is 5.33. The topological polar surface area (TPSA) is 135 Å². The van der Waals surface area contributed by atoms with E-state index in [-0.39, 0.29) is 12.5 Å². The molecule has 0 fully saturated rings. The molecule has 6 rings (SSSR count). The lowest BCUT2D eigenvalue weighted by Gasteiger charge is -2.24. The van der Waals surface area contributed by atoms with E-state index in [0.29, 0.717) is 29.7 Å². The van der Waals surface area contributed by atoms with Crippen LogP contribution in [0.1, 0.15) is 41.5 Å². The molecule has 1 aliphatic heterocycles. The van der Waals surface area contributed by atoms with Gasteiger partial charge in [0.15, 0.2) is 5.82 Å². The third-order valence-corrected chi connectivity index (χ3v) is 7.25. The summed E-state index contributed by atoms with van der Waals surface area (Å²) in [6, 6.07) is 5.84. The molecule has 10 nitrogen and oxygen atoms in total. The number of nitrogens with two attached hydrogens (primary N) is 1. The van der Waals surface area contributed by atoms with Gasteiger partial charge in [-0.1, -0.05) is 0 Å². The largest absolute Gasteiger partial charge is 0.388 e. The number of carbonyl (C=O) groups excluding carboxylic acids is 1. The lowest BCUT2D eigenvalue weighted by atomic mass is 9.88. The molecule has 0 spiro atoms. The first-order valence-electron chi connectivity index (χ1n) is 12.2. The minimum absolute atomic E-state index is 0.0437. The van der Waals surface area contributed by atoms with Crippen molar-refractivity contribution >= 4 is 34.1 Å². The summed E-state index contributed by atoms with van der Waals surface area (Å²) in [5.74, 6) is 1.68. The van der Waals surface area contributed by atoms with Crippen LogP contribution in [0.5, 0.6) is 0 Å². The fraction of sp³-hybridized carbons (Fsp3) is 0.346. The monoisotopic (exact) mass is 484 g/mol. The van der Waals surface area contributed by atoms with Crippen molar-refractivity contribution < 1.29 is 9.90 Å². The fourth-order valence-electron chi connectivity index (χ4n) is 5.20. The second-order valence-electron chi connectivity index (χ2n) is 9.62. The number of likely N-dealkylation sites (N-methyl/N-ethyl adjacent to an activating group) is 1. The number of rotatable bonds is 3. The molecule has 1 amide bonds. The van der Waals surface area contributed by atoms with Crippen molar-refractivity contribution in [3.05, 3.63) is 53.1 Å². The van der Waals surface area contributed by atoms with Gasteiger partial charge in [-0.25, -0.2) is 9.97 Å². The number of nitrogens with zero attached hydrogens (tertiary/aromatic N) is 6. The molecule has 4 aromatic rings. The molecular formula is C26H28N8O2. The van der Waals surface area contributed by atoms with E-state index in [9.17, 15) is 9.90 Å². The minimum atomic E-state index is -0.500. The Balaban J connectivity index is 1.34. The predicted molar refractivity (Wildman–Crippen MR) is 137 cm³/mol. The van der Waals surface area contributed by atoms with Crippen molar-refractivity contribution in [2.75, 3.05) is 24.6 Å². The average Bonchev–Trinajstić information content (AvgIpc) is 3.17. The molecule has 36 heavy (non-hydrogen) atoms. The van der Waals surface area contributed by atoms with E-state index in [2.05, 4.69) is 25.4 Å². The predicted octanol–water partition coefficient (Wildman–Crippen LogP) is 2.91. The van der Waals surface area contributed by atoms with Gasteiger partial charge in [-0.15, -0.1) is 0 Å². The summed E-state index contributed by atoms with van der Waals surface area (Å²) in [6.45, 7) is 2.91. The van der Waals surface area contributed by atoms with E-state index in [1.165, 1.54) is 0 Å². The average molecular weight is 485 g/mol. The van der Waals surface area contributed by atoms with Crippen molar-refractivity contribution in [3.8, 4) is 11.3 Å². The summed E-state index contributed by atoms with van der Waals surface area (Å²) < 4.78 is 1.75. The number of aryl methyl sites for hydroxylation is 1. The Bertz CT molecular complexity index is 1510. The van der Waals surface area contributed by atoms with Gasteiger partial charge >= 0.3 is 0 Å². The lowest BCUT2D eigenvalue weighted by Crippen LogP contribution is -2.29. The minimum Gasteiger partial charge on any atom is -0.388 e. The molecule has 0 radical (unpaired) electrons. The first-order chi connectivity index (χ1) is 17.4. The van der Waals surface area contributed by atoms with Crippen LogP contribution in [-0.4, -0.2) is 54.2 Å². The number of hydrogen-bond acceptors (Lipinski definition) is 8. The highest BCUT2D eigenvalue weighted by Crippen LogP contribution is 2.36. The van der Waals surface area contributed by atoms with E-state index in [0.717, 1.165) is 64.5 Å². The second-order valence-corrected chi connectivity index (χ2v) is 9.62. The second kappa shape index (κ2) is 8.56. The molecule has 10 heteroatoms. The van der Waals surface area contributed by atoms with Crippen LogP contribution < -0.4 is 11.1 Å². The van der Waals surface area contributed by atoms with Crippen molar-refractivity contribution in [1.29, 1.82) is 0 Å². The number of aliphatic hydroxyl groups is 1. The maximum Gasteiger partial charge on any atom is 0.244 e. The number of aliphatic hydroxyl groups excluding tert-OH is 1. The van der Waals surface area contributed by atoms with Gasteiger partial charge < -0.3 is 21.1 Å². The van der Waals surface area contributed by atoms with E-state index in [1.54, 1.807) is 15.8 Å². The lowest BCUT2D eigenvalue weighted by molar-refractivity contribution is -0.130. The molecule has 0 saturated carbocycles. The van der Waals surface area contributed by atoms with Crippen LogP contribution in [0.25, 0.3) is 22.0 Å². The van der Waals surface area contributed by atoms with Crippen molar-refractivity contribution in [2.45, 2.75) is 45.3 Å². The van der Waals surface area contributed by atoms with Gasteiger partial charge in [-0.3, -0.25) is 14.5 Å². The van der Waals surface area contributed by atoms with Crippen molar-refractivity contribution in [1.82, 2.24) is 29.6 Å². The summed E-state index contributed by atoms with van der Waals surface area (Å²) in [7, 11) is 1.81. The summed E-state index contributed by atoms with van der Waals surface area (Å²) in [6.07, 6.45) is 6.34. The maximum atomic E-state index is 12.2. The number of aromatic nitrogens is 5. The molecule has 2 aliphatic rings. The van der Waals surface area contributed by atoms with Crippen LogP contribution in [0.15, 0.2) is 30.6 Å². The summed E-state index contributed by atoms with van der Waals surface area (Å²) in [5.41, 5.74) is 11.8. The number of hydrogen-bond donors (Lipinski definition) is 3. The van der Waals surface area contributed by atoms with Crippen LogP contribution in [0.4, 0.5) is 17.5 Å². The zero-order valence-corrected chi connectivity index (χ0v) is 20.3. The van der Waals surface area contributed by atoms with Crippen LogP contribution in [0.2, 0.25) is 0 Å². The number of fused-ring (bicyclic) bond motifs is 3. The fourth-order valence-corrected chi connectivity index (χ4v) is 5.20. The Morgan fingerprint density at radius 3 is 2.86 bits per heavy atom. The van der Waals surface area contributed by atoms with Crippen LogP contribution >= 0.6 is 0 Å². The smallest absolute Gasteiger partial charge is 0.244 e. The molecule has 4 aromatic heterocycles. The van der Waals surface area contributed by atoms with E-state index < -0.39 is 6.10 Å². The first kappa shape index (κ1) is 22.4. The Morgan fingerprint density at radius 1 is 1.14 bits per heavy atom. The molecule has 1 aliphatic carbocycles. The van der Waals surface area contributed by atoms with Gasteiger partial charge in [-0.2, -0.15) is 5.10 Å². The molecule has 184 valence electrons. The van der Waals surface area contributed by atoms with Gasteiger partial charge in [0.2, 0.25) is 5.91 Å². The van der Waals surface area contributed by atoms with Gasteiger partial charge in [0.05, 0.1) is 11.8 Å². The Morgan fingerprint density at radius 2 is 2.00 bits per heavy atom. The SMILES string of the molecule is Cc1c(-c2cc3cc(Nc4cc5n(n4)CC(=O)N(C)CC5)ncc3c(N)n2)cnc2c1[C@@H](O)CCC2. The molecule has 1 atom stereocenters. The van der Waals surface area contributed by atoms with Gasteiger partial charge in [0.1, 0.15) is 18.2 Å². The molecule has 4 N–H and O–H groups in total. The highest BCUT2D eigenvalue weighted by atomic mass is 16.3. The number of pyridine rings is 3. The Hall–Kier alpha value is -4.05. The highest BCUT2D eigenvalue weighted by molar-refractivity contribution is 5.95. The summed E-state index contributed by atoms with van der Waals surface area (Å²) in [5, 5.41) is 20.0. The number of nitrogen functional groups attached to an aromatic ring is 1.